The average Bonchev–Trinajstić information content (AvgIpc) is 3.03. The second-order valence-corrected chi connectivity index (χ2v) is 7.90. The standard InChI is InChI=1S/C21H30F3NO/c1-2-3-4-5-6-12-25-14-19-18(20(19)15-25)11-10-16-8-7-9-17(13-16)26-21(22,23)24/h7-9,13,18-20H,2-6,10-12,14-15H2,1H3. The Hall–Kier alpha value is -1.23. The highest BCUT2D eigenvalue weighted by molar-refractivity contribution is 5.29. The molecule has 146 valence electrons. The van der Waals surface area contributed by atoms with Gasteiger partial charge in [0.25, 0.3) is 0 Å². The molecular formula is C21H30F3NO. The molecule has 1 saturated carbocycles. The van der Waals surface area contributed by atoms with Gasteiger partial charge in [-0.3, -0.25) is 0 Å². The van der Waals surface area contributed by atoms with Crippen molar-refractivity contribution in [3.63, 3.8) is 0 Å². The third-order valence-corrected chi connectivity index (χ3v) is 5.92. The summed E-state index contributed by atoms with van der Waals surface area (Å²) < 4.78 is 40.9. The van der Waals surface area contributed by atoms with E-state index < -0.39 is 6.36 Å². The number of unbranched alkanes of at least 4 members (excludes halogenated alkanes) is 4. The first-order valence-corrected chi connectivity index (χ1v) is 10.0. The van der Waals surface area contributed by atoms with Crippen LogP contribution in [0.25, 0.3) is 0 Å². The van der Waals surface area contributed by atoms with Gasteiger partial charge in [0.1, 0.15) is 5.75 Å². The molecule has 1 aromatic carbocycles. The molecule has 26 heavy (non-hydrogen) atoms. The number of likely N-dealkylation sites (tertiary alicyclic amines) is 1. The Kier molecular flexibility index (Phi) is 6.49. The number of fused-ring (bicyclic) bond motifs is 1. The molecule has 5 heteroatoms. The van der Waals surface area contributed by atoms with E-state index in [1.54, 1.807) is 6.07 Å². The molecule has 2 fully saturated rings. The molecule has 2 atom stereocenters. The van der Waals surface area contributed by atoms with Crippen molar-refractivity contribution in [3.8, 4) is 5.75 Å². The van der Waals surface area contributed by atoms with Gasteiger partial charge in [-0.1, -0.05) is 44.7 Å². The lowest BCUT2D eigenvalue weighted by molar-refractivity contribution is -0.274. The summed E-state index contributed by atoms with van der Waals surface area (Å²) in [5.41, 5.74) is 0.935. The molecule has 2 unspecified atom stereocenters. The fourth-order valence-electron chi connectivity index (χ4n) is 4.52. The fraction of sp³-hybridized carbons (Fsp3) is 0.714. The molecule has 3 rings (SSSR count). The number of hydrogen-bond acceptors (Lipinski definition) is 2. The smallest absolute Gasteiger partial charge is 0.406 e. The van der Waals surface area contributed by atoms with Crippen LogP contribution in [0, 0.1) is 17.8 Å². The summed E-state index contributed by atoms with van der Waals surface area (Å²) in [6, 6.07) is 6.42. The first kappa shape index (κ1) is 19.5. The Labute approximate surface area is 154 Å². The predicted molar refractivity (Wildman–Crippen MR) is 97.1 cm³/mol. The van der Waals surface area contributed by atoms with Crippen LogP contribution in [-0.4, -0.2) is 30.9 Å². The summed E-state index contributed by atoms with van der Waals surface area (Å²) in [6.45, 7) is 5.93. The lowest BCUT2D eigenvalue weighted by Crippen LogP contribution is -2.25. The van der Waals surface area contributed by atoms with E-state index in [2.05, 4.69) is 16.6 Å². The van der Waals surface area contributed by atoms with Crippen LogP contribution < -0.4 is 4.74 Å². The quantitative estimate of drug-likeness (QED) is 0.493. The Morgan fingerprint density at radius 1 is 1.08 bits per heavy atom. The number of ether oxygens (including phenoxy) is 1. The summed E-state index contributed by atoms with van der Waals surface area (Å²) in [5, 5.41) is 0. The van der Waals surface area contributed by atoms with Gasteiger partial charge >= 0.3 is 6.36 Å². The minimum Gasteiger partial charge on any atom is -0.406 e. The third kappa shape index (κ3) is 5.63. The zero-order valence-electron chi connectivity index (χ0n) is 15.6. The van der Waals surface area contributed by atoms with Crippen molar-refractivity contribution >= 4 is 0 Å². The summed E-state index contributed by atoms with van der Waals surface area (Å²) in [5.74, 6) is 2.29. The largest absolute Gasteiger partial charge is 0.573 e. The number of rotatable bonds is 10. The maximum atomic E-state index is 12.3. The molecule has 1 aliphatic heterocycles. The van der Waals surface area contributed by atoms with Crippen LogP contribution in [0.2, 0.25) is 0 Å². The van der Waals surface area contributed by atoms with Crippen molar-refractivity contribution < 1.29 is 17.9 Å². The van der Waals surface area contributed by atoms with Crippen LogP contribution in [0.5, 0.6) is 5.75 Å². The van der Waals surface area contributed by atoms with Gasteiger partial charge in [0.2, 0.25) is 0 Å². The maximum Gasteiger partial charge on any atom is 0.573 e. The molecule has 0 radical (unpaired) electrons. The van der Waals surface area contributed by atoms with Gasteiger partial charge in [0.05, 0.1) is 0 Å². The molecule has 0 aromatic heterocycles. The van der Waals surface area contributed by atoms with Crippen molar-refractivity contribution in [2.24, 2.45) is 17.8 Å². The van der Waals surface area contributed by atoms with E-state index in [-0.39, 0.29) is 5.75 Å². The molecule has 0 amide bonds. The van der Waals surface area contributed by atoms with Gasteiger partial charge in [-0.25, -0.2) is 0 Å². The van der Waals surface area contributed by atoms with Crippen LogP contribution in [-0.2, 0) is 6.42 Å². The highest BCUT2D eigenvalue weighted by Crippen LogP contribution is 2.53. The van der Waals surface area contributed by atoms with E-state index in [1.807, 2.05) is 6.07 Å². The first-order chi connectivity index (χ1) is 12.5. The minimum atomic E-state index is -4.62. The van der Waals surface area contributed by atoms with Gasteiger partial charge < -0.3 is 9.64 Å². The second-order valence-electron chi connectivity index (χ2n) is 7.90. The Morgan fingerprint density at radius 2 is 1.81 bits per heavy atom. The van der Waals surface area contributed by atoms with Crippen molar-refractivity contribution in [3.05, 3.63) is 29.8 Å². The van der Waals surface area contributed by atoms with Crippen LogP contribution >= 0.6 is 0 Å². The van der Waals surface area contributed by atoms with Crippen LogP contribution in [0.3, 0.4) is 0 Å². The average molecular weight is 369 g/mol. The van der Waals surface area contributed by atoms with Gasteiger partial charge in [0, 0.05) is 13.1 Å². The van der Waals surface area contributed by atoms with Crippen molar-refractivity contribution in [2.75, 3.05) is 19.6 Å². The number of benzene rings is 1. The Balaban J connectivity index is 1.34. The molecule has 2 nitrogen and oxygen atoms in total. The molecule has 0 N–H and O–H groups in total. The first-order valence-electron chi connectivity index (χ1n) is 10.0. The molecule has 2 aliphatic rings. The Bertz CT molecular complexity index is 563. The number of aryl methyl sites for hydroxylation is 1. The molecular weight excluding hydrogens is 339 g/mol. The molecule has 1 aromatic rings. The lowest BCUT2D eigenvalue weighted by atomic mass is 10.0. The predicted octanol–water partition coefficient (Wildman–Crippen LogP) is 5.67. The van der Waals surface area contributed by atoms with E-state index in [0.717, 1.165) is 36.2 Å². The topological polar surface area (TPSA) is 12.5 Å². The normalized spacial score (nSPS) is 25.3. The number of piperidine rings is 1. The van der Waals surface area contributed by atoms with Crippen molar-refractivity contribution in [1.29, 1.82) is 0 Å². The minimum absolute atomic E-state index is 0.111. The summed E-state index contributed by atoms with van der Waals surface area (Å²) in [7, 11) is 0. The number of nitrogens with zero attached hydrogens (tertiary/aromatic N) is 1. The van der Waals surface area contributed by atoms with E-state index in [0.29, 0.717) is 0 Å². The van der Waals surface area contributed by atoms with Crippen molar-refractivity contribution in [2.45, 2.75) is 58.2 Å². The van der Waals surface area contributed by atoms with E-state index >= 15 is 0 Å². The van der Waals surface area contributed by atoms with Crippen molar-refractivity contribution in [1.82, 2.24) is 4.90 Å². The summed E-state index contributed by atoms with van der Waals surface area (Å²) in [4.78, 5) is 2.61. The number of hydrogen-bond donors (Lipinski definition) is 0. The Morgan fingerprint density at radius 3 is 2.50 bits per heavy atom. The van der Waals surface area contributed by atoms with Gasteiger partial charge in [-0.05, 0) is 61.3 Å². The SMILES string of the molecule is CCCCCCCN1CC2C(CCc3cccc(OC(F)(F)F)c3)C2C1. The second kappa shape index (κ2) is 8.64. The molecule has 0 spiro atoms. The molecule has 0 bridgehead atoms. The van der Waals surface area contributed by atoms with E-state index in [9.17, 15) is 13.2 Å². The van der Waals surface area contributed by atoms with Gasteiger partial charge in [-0.2, -0.15) is 0 Å². The molecule has 1 saturated heterocycles. The van der Waals surface area contributed by atoms with Crippen LogP contribution in [0.1, 0.15) is 51.0 Å². The number of halogens is 3. The highest BCUT2D eigenvalue weighted by atomic mass is 19.4. The third-order valence-electron chi connectivity index (χ3n) is 5.92. The summed E-state index contributed by atoms with van der Waals surface area (Å²) in [6.07, 6.45) is 3.96. The van der Waals surface area contributed by atoms with E-state index in [4.69, 9.17) is 0 Å². The molecule has 1 aliphatic carbocycles. The zero-order chi connectivity index (χ0) is 18.6. The van der Waals surface area contributed by atoms with Crippen LogP contribution in [0.15, 0.2) is 24.3 Å². The van der Waals surface area contributed by atoms with Gasteiger partial charge in [-0.15, -0.1) is 13.2 Å². The van der Waals surface area contributed by atoms with Gasteiger partial charge in [0.15, 0.2) is 0 Å². The maximum absolute atomic E-state index is 12.3. The van der Waals surface area contributed by atoms with E-state index in [1.165, 1.54) is 63.9 Å². The lowest BCUT2D eigenvalue weighted by Gasteiger charge is -2.19. The molecule has 1 heterocycles. The van der Waals surface area contributed by atoms with Crippen LogP contribution in [0.4, 0.5) is 13.2 Å². The number of alkyl halides is 3. The monoisotopic (exact) mass is 369 g/mol. The summed E-state index contributed by atoms with van der Waals surface area (Å²) >= 11 is 0. The highest BCUT2D eigenvalue weighted by Gasteiger charge is 2.54. The fourth-order valence-corrected chi connectivity index (χ4v) is 4.52. The zero-order valence-corrected chi connectivity index (χ0v) is 15.6.